The van der Waals surface area contributed by atoms with Crippen LogP contribution in [-0.2, 0) is 24.0 Å². The molecule has 0 spiro atoms. The normalized spacial score (nSPS) is 18.6. The van der Waals surface area contributed by atoms with Crippen LogP contribution in [0.4, 0.5) is 5.13 Å². The number of ether oxygens (including phenoxy) is 1. The van der Waals surface area contributed by atoms with Gasteiger partial charge in [0.1, 0.15) is 24.2 Å². The van der Waals surface area contributed by atoms with E-state index in [9.17, 15) is 14.4 Å². The standard InChI is InChI=1S/C28H25IN6O5S2/c1-39-33-19(23-32-28(30)42-34-23)24(36)31-20-25(37)35-21(18(13-8-14-29)15-41-26(20)35)27(38)40-22(16-9-4-2-5-10-16)17-11-6-3-7-12-17/h2-13,20,22,26H,14-15H2,1H3,(H,31,36)(H2,30,32,34)/b13-8+,33-19-/t20?,26-/m1/s1. The van der Waals surface area contributed by atoms with E-state index in [2.05, 4.69) is 42.4 Å². The maximum Gasteiger partial charge on any atom is 0.356 e. The van der Waals surface area contributed by atoms with Crippen LogP contribution in [0.25, 0.3) is 0 Å². The van der Waals surface area contributed by atoms with Gasteiger partial charge in [0.05, 0.1) is 0 Å². The third-order valence-electron chi connectivity index (χ3n) is 6.37. The van der Waals surface area contributed by atoms with E-state index in [1.54, 1.807) is 0 Å². The van der Waals surface area contributed by atoms with Crippen molar-refractivity contribution in [1.29, 1.82) is 0 Å². The van der Waals surface area contributed by atoms with Gasteiger partial charge in [-0.05, 0) is 16.7 Å². The van der Waals surface area contributed by atoms with Gasteiger partial charge in [0, 0.05) is 21.7 Å². The maximum atomic E-state index is 13.9. The minimum absolute atomic E-state index is 0.0139. The second-order valence-corrected chi connectivity index (χ2v) is 11.7. The van der Waals surface area contributed by atoms with Crippen molar-refractivity contribution in [3.8, 4) is 0 Å². The number of nitrogens with zero attached hydrogens (tertiary/aromatic N) is 4. The molecule has 3 heterocycles. The minimum Gasteiger partial charge on any atom is -0.448 e. The number of allylic oxidation sites excluding steroid dienone is 2. The predicted octanol–water partition coefficient (Wildman–Crippen LogP) is 3.45. The molecule has 42 heavy (non-hydrogen) atoms. The largest absolute Gasteiger partial charge is 0.448 e. The summed E-state index contributed by atoms with van der Waals surface area (Å²) >= 11 is 4.54. The molecule has 216 valence electrons. The zero-order valence-electron chi connectivity index (χ0n) is 22.2. The van der Waals surface area contributed by atoms with E-state index in [0.29, 0.717) is 11.3 Å². The number of fused-ring (bicyclic) bond motifs is 1. The van der Waals surface area contributed by atoms with Crippen molar-refractivity contribution in [3.63, 3.8) is 0 Å². The van der Waals surface area contributed by atoms with Crippen LogP contribution in [0.2, 0.25) is 0 Å². The van der Waals surface area contributed by atoms with E-state index >= 15 is 0 Å². The SMILES string of the molecule is CO/N=C(\C(=O)NC1C(=O)N2C(C(=O)OC(c3ccccc3)c3ccccc3)=C(/C=C/CI)CS[C@H]12)c1nsc(N)n1. The van der Waals surface area contributed by atoms with Crippen molar-refractivity contribution in [2.45, 2.75) is 17.5 Å². The summed E-state index contributed by atoms with van der Waals surface area (Å²) in [5.74, 6) is -1.37. The fraction of sp³-hybridized carbons (Fsp3) is 0.214. The van der Waals surface area contributed by atoms with Gasteiger partial charge in [0.15, 0.2) is 11.2 Å². The highest BCUT2D eigenvalue weighted by Gasteiger charge is 2.54. The molecule has 3 N–H and O–H groups in total. The molecule has 0 aliphatic carbocycles. The minimum atomic E-state index is -0.919. The first-order valence-corrected chi connectivity index (χ1v) is 16.0. The van der Waals surface area contributed by atoms with E-state index in [0.717, 1.165) is 27.1 Å². The summed E-state index contributed by atoms with van der Waals surface area (Å²) in [5.41, 5.74) is 7.86. The number of hydrogen-bond donors (Lipinski definition) is 2. The monoisotopic (exact) mass is 716 g/mol. The second kappa shape index (κ2) is 13.5. The Bertz CT molecular complexity index is 1520. The Hall–Kier alpha value is -3.76. The Kier molecular flexibility index (Phi) is 9.54. The van der Waals surface area contributed by atoms with Crippen LogP contribution in [0, 0.1) is 0 Å². The molecule has 2 aliphatic rings. The lowest BCUT2D eigenvalue weighted by Gasteiger charge is -2.49. The van der Waals surface area contributed by atoms with Crippen LogP contribution in [0.5, 0.6) is 0 Å². The molecule has 0 radical (unpaired) electrons. The molecule has 1 saturated heterocycles. The molecule has 2 amide bonds. The zero-order valence-corrected chi connectivity index (χ0v) is 26.0. The number of anilines is 1. The number of oxime groups is 1. The highest BCUT2D eigenvalue weighted by atomic mass is 127. The van der Waals surface area contributed by atoms with Crippen molar-refractivity contribution in [1.82, 2.24) is 19.6 Å². The summed E-state index contributed by atoms with van der Waals surface area (Å²) in [4.78, 5) is 50.7. The number of nitrogens with two attached hydrogens (primary N) is 1. The molecule has 1 aromatic heterocycles. The number of carbonyl (C=O) groups is 3. The van der Waals surface area contributed by atoms with Crippen LogP contribution in [-0.4, -0.2) is 66.5 Å². The summed E-state index contributed by atoms with van der Waals surface area (Å²) in [6.45, 7) is 0. The van der Waals surface area contributed by atoms with Crippen molar-refractivity contribution in [2.75, 3.05) is 23.0 Å². The number of hydrogen-bond acceptors (Lipinski definition) is 11. The van der Waals surface area contributed by atoms with Crippen LogP contribution in [0.3, 0.4) is 0 Å². The summed E-state index contributed by atoms with van der Waals surface area (Å²) in [6, 6.07) is 17.9. The van der Waals surface area contributed by atoms with Crippen molar-refractivity contribution >= 4 is 74.5 Å². The first-order valence-electron chi connectivity index (χ1n) is 12.7. The zero-order chi connectivity index (χ0) is 29.6. The summed E-state index contributed by atoms with van der Waals surface area (Å²) in [7, 11) is 1.28. The van der Waals surface area contributed by atoms with Gasteiger partial charge in [-0.2, -0.15) is 9.36 Å². The van der Waals surface area contributed by atoms with E-state index in [1.165, 1.54) is 23.8 Å². The summed E-state index contributed by atoms with van der Waals surface area (Å²) in [5, 5.41) is 6.04. The number of nitrogen functional groups attached to an aromatic ring is 1. The highest BCUT2D eigenvalue weighted by Crippen LogP contribution is 2.42. The van der Waals surface area contributed by atoms with Gasteiger partial charge >= 0.3 is 5.97 Å². The number of β-lactam (4-membered cyclic amide) rings is 1. The van der Waals surface area contributed by atoms with E-state index < -0.39 is 35.3 Å². The highest BCUT2D eigenvalue weighted by molar-refractivity contribution is 14.1. The molecular weight excluding hydrogens is 691 g/mol. The van der Waals surface area contributed by atoms with Crippen molar-refractivity contribution in [3.05, 3.63) is 101 Å². The predicted molar refractivity (Wildman–Crippen MR) is 169 cm³/mol. The number of halogens is 1. The number of nitrogens with one attached hydrogen (secondary N) is 1. The third-order valence-corrected chi connectivity index (χ3v) is 8.72. The van der Waals surface area contributed by atoms with Crippen LogP contribution in [0.15, 0.2) is 89.2 Å². The Morgan fingerprint density at radius 3 is 2.43 bits per heavy atom. The molecule has 11 nitrogen and oxygen atoms in total. The molecule has 3 aromatic rings. The lowest BCUT2D eigenvalue weighted by Crippen LogP contribution is -2.71. The Balaban J connectivity index is 1.41. The molecule has 1 unspecified atom stereocenters. The number of benzene rings is 2. The molecule has 0 saturated carbocycles. The number of carbonyl (C=O) groups excluding carboxylic acids is 3. The first-order chi connectivity index (χ1) is 20.4. The van der Waals surface area contributed by atoms with Gasteiger partial charge in [-0.3, -0.25) is 14.5 Å². The van der Waals surface area contributed by atoms with Gasteiger partial charge in [0.25, 0.3) is 11.8 Å². The van der Waals surface area contributed by atoms with Crippen LogP contribution >= 0.6 is 45.9 Å². The Labute approximate surface area is 263 Å². The lowest BCUT2D eigenvalue weighted by atomic mass is 10.0. The fourth-order valence-corrected chi connectivity index (χ4v) is 6.52. The van der Waals surface area contributed by atoms with E-state index in [1.807, 2.05) is 72.8 Å². The molecule has 2 aromatic carbocycles. The quantitative estimate of drug-likeness (QED) is 0.0804. The number of rotatable bonds is 10. The Morgan fingerprint density at radius 2 is 1.86 bits per heavy atom. The number of thioether (sulfide) groups is 1. The molecule has 1 fully saturated rings. The van der Waals surface area contributed by atoms with Crippen molar-refractivity contribution < 1.29 is 24.0 Å². The molecule has 2 aliphatic heterocycles. The van der Waals surface area contributed by atoms with Gasteiger partial charge in [-0.25, -0.2) is 4.79 Å². The van der Waals surface area contributed by atoms with Gasteiger partial charge in [-0.1, -0.05) is 101 Å². The van der Waals surface area contributed by atoms with E-state index in [-0.39, 0.29) is 22.4 Å². The number of amides is 2. The van der Waals surface area contributed by atoms with Gasteiger partial charge < -0.3 is 20.6 Å². The fourth-order valence-electron chi connectivity index (χ4n) is 4.51. The second-order valence-electron chi connectivity index (χ2n) is 8.98. The molecule has 14 heteroatoms. The van der Waals surface area contributed by atoms with Gasteiger partial charge in [-0.15, -0.1) is 11.8 Å². The first kappa shape index (κ1) is 29.7. The van der Waals surface area contributed by atoms with Crippen LogP contribution < -0.4 is 11.1 Å². The summed E-state index contributed by atoms with van der Waals surface area (Å²) < 4.78 is 10.9. The van der Waals surface area contributed by atoms with Gasteiger partial charge in [0.2, 0.25) is 11.5 Å². The lowest BCUT2D eigenvalue weighted by molar-refractivity contribution is -0.154. The smallest absolute Gasteiger partial charge is 0.356 e. The average molecular weight is 717 g/mol. The topological polar surface area (TPSA) is 149 Å². The maximum absolute atomic E-state index is 13.9. The third kappa shape index (κ3) is 6.19. The molecule has 0 bridgehead atoms. The number of aromatic nitrogens is 2. The number of esters is 1. The number of alkyl halides is 1. The summed E-state index contributed by atoms with van der Waals surface area (Å²) in [6.07, 6.45) is 3.07. The Morgan fingerprint density at radius 1 is 1.19 bits per heavy atom. The molecule has 2 atom stereocenters. The molecular formula is C28H25IN6O5S2. The van der Waals surface area contributed by atoms with Crippen molar-refractivity contribution in [2.24, 2.45) is 5.16 Å². The average Bonchev–Trinajstić information content (AvgIpc) is 3.45. The molecule has 5 rings (SSSR count). The van der Waals surface area contributed by atoms with Crippen LogP contribution in [0.1, 0.15) is 23.1 Å². The van der Waals surface area contributed by atoms with E-state index in [4.69, 9.17) is 15.3 Å².